The van der Waals surface area contributed by atoms with Crippen molar-refractivity contribution in [1.29, 1.82) is 0 Å². The van der Waals surface area contributed by atoms with Crippen LogP contribution in [0.1, 0.15) is 117 Å². The second kappa shape index (κ2) is 35.4. The van der Waals surface area contributed by atoms with E-state index in [-0.39, 0.29) is 89.4 Å². The normalized spacial score (nSPS) is 24.6. The van der Waals surface area contributed by atoms with Crippen LogP contribution < -0.4 is 81.8 Å². The summed E-state index contributed by atoms with van der Waals surface area (Å²) < 4.78 is 0. The Balaban J connectivity index is 2.10. The van der Waals surface area contributed by atoms with Crippen LogP contribution in [-0.4, -0.2) is 175 Å². The van der Waals surface area contributed by atoms with Gasteiger partial charge >= 0.3 is 0 Å². The van der Waals surface area contributed by atoms with Gasteiger partial charge in [0.1, 0.15) is 54.4 Å². The van der Waals surface area contributed by atoms with E-state index in [0.29, 0.717) is 5.56 Å². The maximum Gasteiger partial charge on any atom is 0.245 e. The molecule has 450 valence electrons. The zero-order valence-corrected chi connectivity index (χ0v) is 46.8. The summed E-state index contributed by atoms with van der Waals surface area (Å²) in [4.78, 5) is 140. The van der Waals surface area contributed by atoms with Gasteiger partial charge in [-0.15, -0.1) is 0 Å². The highest BCUT2D eigenvalue weighted by molar-refractivity contribution is 5.99. The molecule has 1 aromatic carbocycles. The van der Waals surface area contributed by atoms with Crippen molar-refractivity contribution < 1.29 is 58.2 Å². The third kappa shape index (κ3) is 23.0. The summed E-state index contributed by atoms with van der Waals surface area (Å²) in [5, 5.41) is 47.3. The molecule has 3 rings (SSSR count). The molecule has 0 spiro atoms. The number of carbonyl (C=O) groups excluding carboxylic acids is 10. The van der Waals surface area contributed by atoms with Gasteiger partial charge < -0.3 is 92.0 Å². The van der Waals surface area contributed by atoms with Gasteiger partial charge in [-0.1, -0.05) is 63.4 Å². The molecule has 1 aliphatic heterocycles. The molecule has 80 heavy (non-hydrogen) atoms. The minimum Gasteiger partial charge on any atom is -0.391 e. The van der Waals surface area contributed by atoms with E-state index in [0.717, 1.165) is 32.1 Å². The van der Waals surface area contributed by atoms with E-state index in [9.17, 15) is 58.2 Å². The summed E-state index contributed by atoms with van der Waals surface area (Å²) in [7, 11) is 0. The van der Waals surface area contributed by atoms with Gasteiger partial charge in [-0.2, -0.15) is 0 Å². The van der Waals surface area contributed by atoms with Gasteiger partial charge in [-0.05, 0) is 115 Å². The minimum absolute atomic E-state index is 0.0601. The smallest absolute Gasteiger partial charge is 0.245 e. The fourth-order valence-electron chi connectivity index (χ4n) is 9.51. The first-order valence-electron chi connectivity index (χ1n) is 28.0. The Bertz CT molecular complexity index is 2180. The number of rotatable bonds is 23. The zero-order valence-electron chi connectivity index (χ0n) is 46.8. The maximum atomic E-state index is 14.6. The number of hydrogen-bond acceptors (Lipinski definition) is 17. The highest BCUT2D eigenvalue weighted by Gasteiger charge is 2.37. The summed E-state index contributed by atoms with van der Waals surface area (Å²) in [6, 6.07) is -4.96. The molecule has 27 nitrogen and oxygen atoms in total. The summed E-state index contributed by atoms with van der Waals surface area (Å²) in [5.41, 5.74) is 30.5. The second-order valence-electron chi connectivity index (χ2n) is 21.3. The molecule has 1 saturated heterocycles. The van der Waals surface area contributed by atoms with E-state index in [1.807, 2.05) is 0 Å². The quantitative estimate of drug-likeness (QED) is 0.0488. The van der Waals surface area contributed by atoms with Crippen molar-refractivity contribution in [1.82, 2.24) is 53.2 Å². The molecule has 27 heteroatoms. The van der Waals surface area contributed by atoms with E-state index in [1.165, 1.54) is 13.8 Å². The van der Waals surface area contributed by atoms with E-state index >= 15 is 0 Å². The van der Waals surface area contributed by atoms with E-state index in [2.05, 4.69) is 53.2 Å². The first kappa shape index (κ1) is 67.9. The number of hydrogen-bond donors (Lipinski definition) is 17. The van der Waals surface area contributed by atoms with Crippen LogP contribution in [0.25, 0.3) is 0 Å². The number of amides is 10. The minimum atomic E-state index is -1.66. The Labute approximate surface area is 468 Å². The van der Waals surface area contributed by atoms with Crippen LogP contribution >= 0.6 is 0 Å². The third-order valence-corrected chi connectivity index (χ3v) is 14.0. The van der Waals surface area contributed by atoms with Gasteiger partial charge in [-0.3, -0.25) is 47.9 Å². The lowest BCUT2D eigenvalue weighted by Gasteiger charge is -2.29. The number of aliphatic hydroxyl groups excluding tert-OH is 2. The highest BCUT2D eigenvalue weighted by atomic mass is 16.3. The maximum absolute atomic E-state index is 14.6. The fourth-order valence-corrected chi connectivity index (χ4v) is 9.51. The number of aliphatic hydroxyl groups is 2. The first-order chi connectivity index (χ1) is 38.0. The lowest BCUT2D eigenvalue weighted by atomic mass is 9.83. The Hall–Kier alpha value is -6.36. The molecular formula is C53H91N15O12. The topological polar surface area (TPSA) is 462 Å². The molecule has 10 amide bonds. The van der Waals surface area contributed by atoms with Crippen LogP contribution in [0.5, 0.6) is 0 Å². The Morgan fingerprint density at radius 3 is 1.70 bits per heavy atom. The van der Waals surface area contributed by atoms with Gasteiger partial charge in [-0.25, -0.2) is 0 Å². The van der Waals surface area contributed by atoms with Gasteiger partial charge in [0, 0.05) is 25.4 Å². The van der Waals surface area contributed by atoms with Crippen molar-refractivity contribution in [2.24, 2.45) is 40.5 Å². The number of benzene rings is 1. The molecule has 2 fully saturated rings. The predicted molar refractivity (Wildman–Crippen MR) is 296 cm³/mol. The molecular weight excluding hydrogens is 1040 g/mol. The van der Waals surface area contributed by atoms with Crippen molar-refractivity contribution in [3.63, 3.8) is 0 Å². The van der Waals surface area contributed by atoms with Gasteiger partial charge in [0.2, 0.25) is 59.1 Å². The van der Waals surface area contributed by atoms with Crippen molar-refractivity contribution in [3.8, 4) is 0 Å². The monoisotopic (exact) mass is 1130 g/mol. The van der Waals surface area contributed by atoms with Gasteiger partial charge in [0.15, 0.2) is 0 Å². The molecule has 0 bridgehead atoms. The van der Waals surface area contributed by atoms with E-state index < -0.39 is 145 Å². The number of nitrogens with one attached hydrogen (secondary N) is 10. The average Bonchev–Trinajstić information content (AvgIpc) is 3.43. The lowest BCUT2D eigenvalue weighted by Crippen LogP contribution is -2.61. The molecule has 1 aromatic rings. The van der Waals surface area contributed by atoms with Crippen LogP contribution in [0, 0.1) is 11.8 Å². The summed E-state index contributed by atoms with van der Waals surface area (Å²) in [5.74, 6) is -8.76. The molecule has 1 heterocycles. The fraction of sp³-hybridized carbons (Fsp3) is 0.698. The number of nitrogens with two attached hydrogens (primary N) is 5. The van der Waals surface area contributed by atoms with Crippen LogP contribution in [-0.2, 0) is 54.4 Å². The predicted octanol–water partition coefficient (Wildman–Crippen LogP) is -5.00. The van der Waals surface area contributed by atoms with Crippen LogP contribution in [0.2, 0.25) is 0 Å². The van der Waals surface area contributed by atoms with Crippen molar-refractivity contribution in [2.45, 2.75) is 190 Å². The molecule has 0 aromatic heterocycles. The summed E-state index contributed by atoms with van der Waals surface area (Å²) in [6.07, 6.45) is 0.834. The second-order valence-corrected chi connectivity index (χ2v) is 21.3. The third-order valence-electron chi connectivity index (χ3n) is 14.0. The highest BCUT2D eigenvalue weighted by Crippen LogP contribution is 2.27. The molecule has 0 radical (unpaired) electrons. The Morgan fingerprint density at radius 2 is 1.15 bits per heavy atom. The van der Waals surface area contributed by atoms with Crippen molar-refractivity contribution in [3.05, 3.63) is 35.9 Å². The van der Waals surface area contributed by atoms with Crippen LogP contribution in [0.15, 0.2) is 30.3 Å². The molecule has 3 unspecified atom stereocenters. The Morgan fingerprint density at radius 1 is 0.613 bits per heavy atom. The molecule has 12 atom stereocenters. The van der Waals surface area contributed by atoms with E-state index in [1.54, 1.807) is 44.2 Å². The standard InChI is InChI=1S/C53H91N15O12/c1-29(2)26-40-50(77)62-36(17-22-55)46(73)61-38(19-24-57)49(76)68-43(30(3)69)52(79)59-25-20-39(48(75)60-35(16-11-21-54)45(72)66-41(51(78)65-40)27-32-12-7-5-8-13-32)63-47(74)37(18-23-56)64-53(80)44(31(4)70)67-42(71)28-34(58)33-14-9-6-10-15-33/h5,7-8,12-13,29-31,33-41,43-44,69-70H,6,9-11,14-28,54-58H2,1-4H3,(H,59,79)(H,60,75)(H,61,73)(H,62,77)(H,63,74)(H,64,80)(H,65,78)(H,66,72)(H,67,71)(H,68,76)/t30?,31?,34?,35-,36-,37-,38-,39-,40-,41+,43-,44-/m0/s1. The van der Waals surface area contributed by atoms with Gasteiger partial charge in [0.05, 0.1) is 12.2 Å². The molecule has 2 aliphatic rings. The molecule has 1 aliphatic carbocycles. The zero-order chi connectivity index (χ0) is 59.5. The largest absolute Gasteiger partial charge is 0.391 e. The molecule has 1 saturated carbocycles. The SMILES string of the molecule is CC(C)C[C@@H]1NC(=O)[C@@H](Cc2ccccc2)NC(=O)[C@H](CCCN)NC(=O)[C@@H](NC(=O)[C@H](CCN)NC(=O)[C@@H](NC(=O)CC(N)C2CCCCC2)C(C)O)CCNC(=O)[C@H](C(C)O)NC(=O)[C@H](CCN)NC(=O)[C@H](CCN)NC1=O. The van der Waals surface area contributed by atoms with Gasteiger partial charge in [0.25, 0.3) is 0 Å². The van der Waals surface area contributed by atoms with Crippen molar-refractivity contribution >= 4 is 59.1 Å². The van der Waals surface area contributed by atoms with Crippen LogP contribution in [0.4, 0.5) is 0 Å². The van der Waals surface area contributed by atoms with E-state index in [4.69, 9.17) is 28.7 Å². The summed E-state index contributed by atoms with van der Waals surface area (Å²) in [6.45, 7) is 5.32. The van der Waals surface area contributed by atoms with Crippen LogP contribution in [0.3, 0.4) is 0 Å². The summed E-state index contributed by atoms with van der Waals surface area (Å²) >= 11 is 0. The Kier molecular flexibility index (Phi) is 30.0. The van der Waals surface area contributed by atoms with Crippen molar-refractivity contribution in [2.75, 3.05) is 32.7 Å². The average molecular weight is 1130 g/mol. The lowest BCUT2D eigenvalue weighted by molar-refractivity contribution is -0.136. The first-order valence-corrected chi connectivity index (χ1v) is 28.0. The number of carbonyl (C=O) groups is 10. The molecule has 22 N–H and O–H groups in total.